The lowest BCUT2D eigenvalue weighted by molar-refractivity contribution is -0.142. The van der Waals surface area contributed by atoms with Gasteiger partial charge in [0.2, 0.25) is 0 Å². The summed E-state index contributed by atoms with van der Waals surface area (Å²) < 4.78 is 1.19. The fourth-order valence-electron chi connectivity index (χ4n) is 1.80. The first-order valence-electron chi connectivity index (χ1n) is 5.15. The zero-order valence-electron chi connectivity index (χ0n) is 9.57. The van der Waals surface area contributed by atoms with Crippen LogP contribution < -0.4 is 0 Å². The Morgan fingerprint density at radius 2 is 2.06 bits per heavy atom. The smallest absolute Gasteiger partial charge is 0.313 e. The maximum Gasteiger partial charge on any atom is 0.313 e. The lowest BCUT2D eigenvalue weighted by atomic mass is 9.84. The summed E-state index contributed by atoms with van der Waals surface area (Å²) >= 11 is 1.62. The molecule has 1 N–H and O–H groups in total. The number of rotatable bonds is 2. The number of carboxylic acid groups (broad SMARTS) is 1. The maximum absolute atomic E-state index is 11.3. The van der Waals surface area contributed by atoms with Gasteiger partial charge in [-0.15, -0.1) is 11.3 Å². The molecule has 1 aromatic heterocycles. The van der Waals surface area contributed by atoms with Crippen LogP contribution in [0.25, 0.3) is 10.1 Å². The zero-order valence-corrected chi connectivity index (χ0v) is 10.4. The van der Waals surface area contributed by atoms with Gasteiger partial charge in [-0.2, -0.15) is 0 Å². The van der Waals surface area contributed by atoms with Crippen LogP contribution in [0, 0.1) is 6.92 Å². The van der Waals surface area contributed by atoms with Crippen molar-refractivity contribution < 1.29 is 9.90 Å². The average Bonchev–Trinajstić information content (AvgIpc) is 2.63. The number of aliphatic carboxylic acids is 1. The first-order valence-corrected chi connectivity index (χ1v) is 6.03. The zero-order chi connectivity index (χ0) is 11.9. The van der Waals surface area contributed by atoms with Crippen molar-refractivity contribution >= 4 is 27.4 Å². The van der Waals surface area contributed by atoms with Crippen LogP contribution in [0.1, 0.15) is 25.0 Å². The van der Waals surface area contributed by atoms with Crippen LogP contribution in [0.4, 0.5) is 0 Å². The summed E-state index contributed by atoms with van der Waals surface area (Å²) in [5.74, 6) is -0.784. The van der Waals surface area contributed by atoms with E-state index in [1.54, 1.807) is 25.2 Å². The van der Waals surface area contributed by atoms with E-state index in [4.69, 9.17) is 0 Å². The molecule has 0 aliphatic heterocycles. The minimum Gasteiger partial charge on any atom is -0.481 e. The average molecular weight is 234 g/mol. The molecule has 0 spiro atoms. The minimum atomic E-state index is -0.827. The summed E-state index contributed by atoms with van der Waals surface area (Å²) in [6.07, 6.45) is 0. The highest BCUT2D eigenvalue weighted by Gasteiger charge is 2.31. The molecule has 0 amide bonds. The van der Waals surface area contributed by atoms with Crippen molar-refractivity contribution in [3.8, 4) is 0 Å². The van der Waals surface area contributed by atoms with Gasteiger partial charge < -0.3 is 5.11 Å². The molecule has 0 aliphatic carbocycles. The highest BCUT2D eigenvalue weighted by atomic mass is 32.1. The summed E-state index contributed by atoms with van der Waals surface area (Å²) in [7, 11) is 0. The van der Waals surface area contributed by atoms with Gasteiger partial charge in [0.05, 0.1) is 5.41 Å². The van der Waals surface area contributed by atoms with Crippen molar-refractivity contribution in [3.63, 3.8) is 0 Å². The number of fused-ring (bicyclic) bond motifs is 1. The van der Waals surface area contributed by atoms with Gasteiger partial charge in [0.1, 0.15) is 0 Å². The molecule has 0 unspecified atom stereocenters. The SMILES string of the molecule is Cc1cccc2c(C(C)(C)C(=O)O)csc12. The van der Waals surface area contributed by atoms with Gasteiger partial charge in [-0.3, -0.25) is 4.79 Å². The van der Waals surface area contributed by atoms with Gasteiger partial charge >= 0.3 is 5.97 Å². The number of hydrogen-bond acceptors (Lipinski definition) is 2. The van der Waals surface area contributed by atoms with E-state index in [0.29, 0.717) is 0 Å². The molecule has 0 atom stereocenters. The molecule has 2 rings (SSSR count). The fraction of sp³-hybridized carbons (Fsp3) is 0.308. The molecule has 1 heterocycles. The second-order valence-electron chi connectivity index (χ2n) is 4.53. The number of carboxylic acids is 1. The highest BCUT2D eigenvalue weighted by molar-refractivity contribution is 7.17. The maximum atomic E-state index is 11.3. The van der Waals surface area contributed by atoms with Crippen molar-refractivity contribution in [2.75, 3.05) is 0 Å². The largest absolute Gasteiger partial charge is 0.481 e. The fourth-order valence-corrected chi connectivity index (χ4v) is 3.02. The van der Waals surface area contributed by atoms with Crippen LogP contribution in [-0.4, -0.2) is 11.1 Å². The van der Waals surface area contributed by atoms with Gasteiger partial charge in [0, 0.05) is 4.70 Å². The molecular weight excluding hydrogens is 220 g/mol. The van der Waals surface area contributed by atoms with E-state index in [-0.39, 0.29) is 0 Å². The van der Waals surface area contributed by atoms with Crippen LogP contribution in [0.2, 0.25) is 0 Å². The molecule has 0 saturated heterocycles. The molecule has 1 aromatic carbocycles. The van der Waals surface area contributed by atoms with Crippen LogP contribution in [0.15, 0.2) is 23.6 Å². The Hall–Kier alpha value is -1.35. The summed E-state index contributed by atoms with van der Waals surface area (Å²) in [6, 6.07) is 6.03. The molecule has 0 radical (unpaired) electrons. The topological polar surface area (TPSA) is 37.3 Å². The molecule has 3 heteroatoms. The third-order valence-electron chi connectivity index (χ3n) is 3.00. The molecule has 0 fully saturated rings. The Labute approximate surface area is 98.5 Å². The van der Waals surface area contributed by atoms with E-state index in [1.165, 1.54) is 10.3 Å². The normalized spacial score (nSPS) is 11.9. The Bertz CT molecular complexity index is 552. The molecule has 2 aromatic rings. The number of benzene rings is 1. The predicted molar refractivity (Wildman–Crippen MR) is 67.2 cm³/mol. The number of hydrogen-bond donors (Lipinski definition) is 1. The van der Waals surface area contributed by atoms with E-state index in [1.807, 2.05) is 17.5 Å². The second kappa shape index (κ2) is 3.59. The van der Waals surface area contributed by atoms with Crippen LogP contribution in [-0.2, 0) is 10.2 Å². The molecule has 84 valence electrons. The Balaban J connectivity index is 2.72. The Morgan fingerprint density at radius 1 is 1.38 bits per heavy atom. The van der Waals surface area contributed by atoms with E-state index in [0.717, 1.165) is 10.9 Å². The summed E-state index contributed by atoms with van der Waals surface area (Å²) in [5.41, 5.74) is 1.28. The monoisotopic (exact) mass is 234 g/mol. The number of carbonyl (C=O) groups is 1. The van der Waals surface area contributed by atoms with E-state index >= 15 is 0 Å². The van der Waals surface area contributed by atoms with E-state index in [2.05, 4.69) is 13.0 Å². The summed E-state index contributed by atoms with van der Waals surface area (Å²) in [5, 5.41) is 12.3. The summed E-state index contributed by atoms with van der Waals surface area (Å²) in [6.45, 7) is 5.55. The van der Waals surface area contributed by atoms with Crippen molar-refractivity contribution in [2.45, 2.75) is 26.2 Å². The van der Waals surface area contributed by atoms with Crippen LogP contribution in [0.5, 0.6) is 0 Å². The lowest BCUT2D eigenvalue weighted by Gasteiger charge is -2.18. The van der Waals surface area contributed by atoms with Crippen molar-refractivity contribution in [1.29, 1.82) is 0 Å². The quantitative estimate of drug-likeness (QED) is 0.862. The van der Waals surface area contributed by atoms with E-state index < -0.39 is 11.4 Å². The molecule has 2 nitrogen and oxygen atoms in total. The second-order valence-corrected chi connectivity index (χ2v) is 5.41. The van der Waals surface area contributed by atoms with Crippen molar-refractivity contribution in [2.24, 2.45) is 0 Å². The first kappa shape index (κ1) is 11.1. The first-order chi connectivity index (χ1) is 7.44. The van der Waals surface area contributed by atoms with Gasteiger partial charge in [-0.05, 0) is 42.7 Å². The van der Waals surface area contributed by atoms with Gasteiger partial charge in [-0.25, -0.2) is 0 Å². The predicted octanol–water partition coefficient (Wildman–Crippen LogP) is 3.57. The molecule has 0 saturated carbocycles. The van der Waals surface area contributed by atoms with Crippen LogP contribution in [0.3, 0.4) is 0 Å². The molecule has 16 heavy (non-hydrogen) atoms. The summed E-state index contributed by atoms with van der Waals surface area (Å²) in [4.78, 5) is 11.3. The van der Waals surface area contributed by atoms with Gasteiger partial charge in [0.25, 0.3) is 0 Å². The van der Waals surface area contributed by atoms with E-state index in [9.17, 15) is 9.90 Å². The van der Waals surface area contributed by atoms with Crippen molar-refractivity contribution in [1.82, 2.24) is 0 Å². The Morgan fingerprint density at radius 3 is 2.69 bits per heavy atom. The molecule has 0 bridgehead atoms. The lowest BCUT2D eigenvalue weighted by Crippen LogP contribution is -2.28. The third-order valence-corrected chi connectivity index (χ3v) is 4.14. The third kappa shape index (κ3) is 1.52. The molecular formula is C13H14O2S. The number of aryl methyl sites for hydroxylation is 1. The van der Waals surface area contributed by atoms with Gasteiger partial charge in [-0.1, -0.05) is 18.2 Å². The standard InChI is InChI=1S/C13H14O2S/c1-8-5-4-6-9-10(7-16-11(8)9)13(2,3)12(14)15/h4-7H,1-3H3,(H,14,15). The van der Waals surface area contributed by atoms with Crippen molar-refractivity contribution in [3.05, 3.63) is 34.7 Å². The molecule has 0 aliphatic rings. The highest BCUT2D eigenvalue weighted by Crippen LogP contribution is 2.36. The number of thiophene rings is 1. The van der Waals surface area contributed by atoms with Gasteiger partial charge in [0.15, 0.2) is 0 Å². The Kier molecular flexibility index (Phi) is 2.50. The minimum absolute atomic E-state index is 0.784. The van der Waals surface area contributed by atoms with Crippen LogP contribution >= 0.6 is 11.3 Å².